The summed E-state index contributed by atoms with van der Waals surface area (Å²) in [5, 5.41) is 4.25. The van der Waals surface area contributed by atoms with Gasteiger partial charge in [-0.25, -0.2) is 4.98 Å². The summed E-state index contributed by atoms with van der Waals surface area (Å²) < 4.78 is 1.78. The summed E-state index contributed by atoms with van der Waals surface area (Å²) in [6.45, 7) is 1.17. The molecule has 4 heterocycles. The van der Waals surface area contributed by atoms with Gasteiger partial charge in [-0.3, -0.25) is 14.5 Å². The lowest BCUT2D eigenvalue weighted by atomic mass is 9.93. The summed E-state index contributed by atoms with van der Waals surface area (Å²) in [6.07, 6.45) is 9.34. The topological polar surface area (TPSA) is 79.7 Å². The second kappa shape index (κ2) is 5.92. The van der Waals surface area contributed by atoms with Gasteiger partial charge >= 0.3 is 0 Å². The van der Waals surface area contributed by atoms with Crippen molar-refractivity contribution in [2.45, 2.75) is 18.9 Å². The molecule has 0 radical (unpaired) electrons. The average Bonchev–Trinajstić information content (AvgIpc) is 3.23. The number of H-pyrrole nitrogens is 1. The van der Waals surface area contributed by atoms with Crippen molar-refractivity contribution in [3.8, 4) is 0 Å². The molecule has 1 atom stereocenters. The fourth-order valence-corrected chi connectivity index (χ4v) is 3.18. The predicted molar refractivity (Wildman–Crippen MR) is 87.0 cm³/mol. The van der Waals surface area contributed by atoms with Crippen LogP contribution in [0.15, 0.2) is 43.2 Å². The van der Waals surface area contributed by atoms with E-state index in [9.17, 15) is 4.79 Å². The third-order valence-corrected chi connectivity index (χ3v) is 4.39. The van der Waals surface area contributed by atoms with E-state index >= 15 is 0 Å². The van der Waals surface area contributed by atoms with Gasteiger partial charge in [0.05, 0.1) is 36.9 Å². The first-order chi connectivity index (χ1) is 11.7. The van der Waals surface area contributed by atoms with Crippen molar-refractivity contribution in [3.05, 3.63) is 65.8 Å². The molecule has 0 aromatic carbocycles. The van der Waals surface area contributed by atoms with Crippen LogP contribution >= 0.6 is 0 Å². The van der Waals surface area contributed by atoms with Crippen molar-refractivity contribution in [1.82, 2.24) is 29.6 Å². The molecule has 1 aliphatic heterocycles. The molecule has 24 heavy (non-hydrogen) atoms. The number of aryl methyl sites for hydroxylation is 1. The fourth-order valence-electron chi connectivity index (χ4n) is 3.18. The lowest BCUT2D eigenvalue weighted by Crippen LogP contribution is -2.39. The number of fused-ring (bicyclic) bond motifs is 1. The second-order valence-electron chi connectivity index (χ2n) is 6.08. The third-order valence-electron chi connectivity index (χ3n) is 4.39. The summed E-state index contributed by atoms with van der Waals surface area (Å²) in [7, 11) is 1.89. The summed E-state index contributed by atoms with van der Waals surface area (Å²) in [5.41, 5.74) is 4.00. The van der Waals surface area contributed by atoms with Gasteiger partial charge in [0.15, 0.2) is 0 Å². The monoisotopic (exact) mass is 322 g/mol. The number of aromatic amines is 1. The van der Waals surface area contributed by atoms with Crippen LogP contribution in [-0.4, -0.2) is 42.1 Å². The van der Waals surface area contributed by atoms with Crippen LogP contribution in [0.25, 0.3) is 0 Å². The number of hydrogen-bond acceptors (Lipinski definition) is 4. The number of nitrogens with one attached hydrogen (secondary N) is 1. The molecular weight excluding hydrogens is 304 g/mol. The van der Waals surface area contributed by atoms with E-state index in [1.165, 1.54) is 0 Å². The van der Waals surface area contributed by atoms with Gasteiger partial charge < -0.3 is 9.88 Å². The highest BCUT2D eigenvalue weighted by atomic mass is 16.2. The first-order valence-electron chi connectivity index (χ1n) is 7.88. The molecule has 3 aromatic rings. The Kier molecular flexibility index (Phi) is 3.60. The minimum absolute atomic E-state index is 0.0477. The molecule has 1 unspecified atom stereocenters. The van der Waals surface area contributed by atoms with Crippen LogP contribution < -0.4 is 0 Å². The van der Waals surface area contributed by atoms with Crippen molar-refractivity contribution in [1.29, 1.82) is 0 Å². The molecule has 1 N–H and O–H groups in total. The molecule has 1 aliphatic rings. The van der Waals surface area contributed by atoms with Gasteiger partial charge in [-0.05, 0) is 11.6 Å². The van der Waals surface area contributed by atoms with Crippen LogP contribution in [0.5, 0.6) is 0 Å². The Morgan fingerprint density at radius 3 is 3.08 bits per heavy atom. The maximum Gasteiger partial charge on any atom is 0.227 e. The number of imidazole rings is 1. The molecule has 0 fully saturated rings. The number of carbonyl (C=O) groups excluding carboxylic acids is 1. The Labute approximate surface area is 139 Å². The normalized spacial score (nSPS) is 16.9. The van der Waals surface area contributed by atoms with E-state index in [1.54, 1.807) is 23.4 Å². The van der Waals surface area contributed by atoms with Crippen LogP contribution in [0, 0.1) is 0 Å². The van der Waals surface area contributed by atoms with Crippen LogP contribution in [-0.2, 0) is 24.8 Å². The highest BCUT2D eigenvalue weighted by molar-refractivity contribution is 5.79. The lowest BCUT2D eigenvalue weighted by Gasteiger charge is -2.31. The van der Waals surface area contributed by atoms with E-state index in [2.05, 4.69) is 20.1 Å². The van der Waals surface area contributed by atoms with E-state index in [0.717, 1.165) is 22.5 Å². The molecule has 1 amide bonds. The van der Waals surface area contributed by atoms with Gasteiger partial charge in [0.2, 0.25) is 5.91 Å². The first kappa shape index (κ1) is 14.6. The zero-order chi connectivity index (χ0) is 16.5. The van der Waals surface area contributed by atoms with Crippen molar-refractivity contribution in [2.75, 3.05) is 6.54 Å². The van der Waals surface area contributed by atoms with Crippen molar-refractivity contribution < 1.29 is 4.79 Å². The number of nitrogens with zero attached hydrogens (tertiary/aromatic N) is 5. The van der Waals surface area contributed by atoms with Crippen LogP contribution in [0.3, 0.4) is 0 Å². The van der Waals surface area contributed by atoms with E-state index in [4.69, 9.17) is 0 Å². The molecular formula is C17H18N6O. The van der Waals surface area contributed by atoms with Crippen molar-refractivity contribution >= 4 is 5.91 Å². The summed E-state index contributed by atoms with van der Waals surface area (Å²) >= 11 is 0. The smallest absolute Gasteiger partial charge is 0.227 e. The lowest BCUT2D eigenvalue weighted by molar-refractivity contribution is -0.131. The maximum absolute atomic E-state index is 12.7. The number of rotatable bonds is 3. The molecule has 122 valence electrons. The minimum Gasteiger partial charge on any atom is -0.347 e. The van der Waals surface area contributed by atoms with E-state index in [1.807, 2.05) is 36.5 Å². The summed E-state index contributed by atoms with van der Waals surface area (Å²) in [5.74, 6) is 0.142. The zero-order valence-electron chi connectivity index (χ0n) is 13.4. The summed E-state index contributed by atoms with van der Waals surface area (Å²) in [6, 6.07) is 3.78. The average molecular weight is 322 g/mol. The van der Waals surface area contributed by atoms with Gasteiger partial charge in [-0.15, -0.1) is 0 Å². The molecule has 0 spiro atoms. The van der Waals surface area contributed by atoms with Crippen LogP contribution in [0.1, 0.15) is 28.4 Å². The number of amides is 1. The Morgan fingerprint density at radius 2 is 2.33 bits per heavy atom. The molecule has 7 nitrogen and oxygen atoms in total. The Hall–Kier alpha value is -2.96. The highest BCUT2D eigenvalue weighted by Gasteiger charge is 2.31. The summed E-state index contributed by atoms with van der Waals surface area (Å²) in [4.78, 5) is 26.3. The number of carbonyl (C=O) groups is 1. The Morgan fingerprint density at radius 1 is 1.42 bits per heavy atom. The van der Waals surface area contributed by atoms with E-state index < -0.39 is 0 Å². The standard InChI is InChI=1S/C17H18N6O/c1-22-8-13(7-21-22)14-9-23(10-15-17(14)20-11-19-15)16(24)5-12-3-2-4-18-6-12/h2-4,6-8,11,14H,5,9-10H2,1H3,(H,19,20). The predicted octanol–water partition coefficient (Wildman–Crippen LogP) is 1.25. The van der Waals surface area contributed by atoms with Crippen LogP contribution in [0.2, 0.25) is 0 Å². The first-order valence-corrected chi connectivity index (χ1v) is 7.88. The molecule has 0 saturated carbocycles. The number of pyridine rings is 1. The SMILES string of the molecule is Cn1cc(C2CN(C(=O)Cc3cccnc3)Cc3[nH]cnc32)cn1. The van der Waals surface area contributed by atoms with Gasteiger partial charge in [0, 0.05) is 43.7 Å². The molecule has 0 saturated heterocycles. The third kappa shape index (κ3) is 2.68. The minimum atomic E-state index is 0.0477. The fraction of sp³-hybridized carbons (Fsp3) is 0.294. The maximum atomic E-state index is 12.7. The van der Waals surface area contributed by atoms with Gasteiger partial charge in [-0.1, -0.05) is 6.07 Å². The molecule has 0 bridgehead atoms. The molecule has 3 aromatic heterocycles. The van der Waals surface area contributed by atoms with Crippen LogP contribution in [0.4, 0.5) is 0 Å². The largest absolute Gasteiger partial charge is 0.347 e. The number of hydrogen-bond donors (Lipinski definition) is 1. The molecule has 7 heteroatoms. The zero-order valence-corrected chi connectivity index (χ0v) is 13.4. The highest BCUT2D eigenvalue weighted by Crippen LogP contribution is 2.31. The van der Waals surface area contributed by atoms with Gasteiger partial charge in [-0.2, -0.15) is 5.10 Å². The molecule has 0 aliphatic carbocycles. The second-order valence-corrected chi connectivity index (χ2v) is 6.08. The van der Waals surface area contributed by atoms with E-state index in [0.29, 0.717) is 19.5 Å². The van der Waals surface area contributed by atoms with Gasteiger partial charge in [0.1, 0.15) is 0 Å². The Balaban J connectivity index is 1.59. The van der Waals surface area contributed by atoms with Gasteiger partial charge in [0.25, 0.3) is 0 Å². The molecule has 4 rings (SSSR count). The van der Waals surface area contributed by atoms with Crippen molar-refractivity contribution in [3.63, 3.8) is 0 Å². The van der Waals surface area contributed by atoms with E-state index in [-0.39, 0.29) is 11.8 Å². The quantitative estimate of drug-likeness (QED) is 0.787. The Bertz CT molecular complexity index is 853. The number of aromatic nitrogens is 5. The van der Waals surface area contributed by atoms with Crippen molar-refractivity contribution in [2.24, 2.45) is 7.05 Å².